The van der Waals surface area contributed by atoms with Gasteiger partial charge < -0.3 is 0 Å². The van der Waals surface area contributed by atoms with Crippen LogP contribution in [0.15, 0.2) is 0 Å². The van der Waals surface area contributed by atoms with Crippen LogP contribution in [0.25, 0.3) is 0 Å². The summed E-state index contributed by atoms with van der Waals surface area (Å²) in [7, 11) is -1.41. The van der Waals surface area contributed by atoms with E-state index in [2.05, 4.69) is 18.9 Å². The van der Waals surface area contributed by atoms with Crippen molar-refractivity contribution in [2.75, 3.05) is 20.3 Å². The topological polar surface area (TPSA) is 47.6 Å². The Balaban J connectivity index is 3.74. The fraction of sp³-hybridized carbons (Fsp3) is 1.00. The minimum atomic E-state index is -3.01. The summed E-state index contributed by atoms with van der Waals surface area (Å²) in [5, 5.41) is 2.61. The smallest absolute Gasteiger partial charge is 0.297 e. The molecule has 0 saturated carbocycles. The summed E-state index contributed by atoms with van der Waals surface area (Å²) in [5.74, 6) is 0. The number of rotatable bonds is 9. The molecule has 0 fully saturated rings. The molecule has 5 heteroatoms. The van der Waals surface area contributed by atoms with Gasteiger partial charge in [-0.15, -0.1) is 0 Å². The van der Waals surface area contributed by atoms with E-state index in [1.807, 2.05) is 0 Å². The summed E-state index contributed by atoms with van der Waals surface area (Å²) in [5.41, 5.74) is 0. The van der Waals surface area contributed by atoms with E-state index < -0.39 is 7.75 Å². The fourth-order valence-corrected chi connectivity index (χ4v) is 1.90. The Morgan fingerprint density at radius 1 is 1.07 bits per heavy atom. The van der Waals surface area contributed by atoms with Gasteiger partial charge in [0.15, 0.2) is 0 Å². The second-order valence-corrected chi connectivity index (χ2v) is 5.05. The lowest BCUT2D eigenvalue weighted by atomic mass is 10.4. The van der Waals surface area contributed by atoms with Crippen molar-refractivity contribution in [2.45, 2.75) is 39.5 Å². The highest BCUT2D eigenvalue weighted by atomic mass is 31.2. The van der Waals surface area contributed by atoms with Crippen molar-refractivity contribution in [3.8, 4) is 0 Å². The molecular formula is C9H22NO3P. The first-order chi connectivity index (χ1) is 6.68. The monoisotopic (exact) mass is 223 g/mol. The van der Waals surface area contributed by atoms with E-state index >= 15 is 0 Å². The van der Waals surface area contributed by atoms with E-state index in [-0.39, 0.29) is 0 Å². The van der Waals surface area contributed by atoms with E-state index in [4.69, 9.17) is 9.05 Å². The van der Waals surface area contributed by atoms with Crippen LogP contribution in [0.3, 0.4) is 0 Å². The SMILES string of the molecule is CCCCOP(=O)(NC)OCCCC. The quantitative estimate of drug-likeness (QED) is 0.482. The largest absolute Gasteiger partial charge is 0.405 e. The zero-order valence-electron chi connectivity index (χ0n) is 9.41. The molecule has 0 aliphatic heterocycles. The number of unbranched alkanes of at least 4 members (excludes halogenated alkanes) is 2. The first-order valence-electron chi connectivity index (χ1n) is 5.26. The van der Waals surface area contributed by atoms with E-state index in [9.17, 15) is 4.57 Å². The van der Waals surface area contributed by atoms with Crippen LogP contribution >= 0.6 is 7.75 Å². The van der Waals surface area contributed by atoms with Gasteiger partial charge in [-0.25, -0.2) is 9.65 Å². The lowest BCUT2D eigenvalue weighted by Crippen LogP contribution is -2.10. The predicted octanol–water partition coefficient (Wildman–Crippen LogP) is 2.95. The minimum absolute atomic E-state index is 0.487. The summed E-state index contributed by atoms with van der Waals surface area (Å²) in [4.78, 5) is 0. The van der Waals surface area contributed by atoms with Gasteiger partial charge in [0.25, 0.3) is 0 Å². The Morgan fingerprint density at radius 2 is 1.50 bits per heavy atom. The Bertz CT molecular complexity index is 161. The zero-order chi connectivity index (χ0) is 10.9. The molecule has 0 amide bonds. The van der Waals surface area contributed by atoms with Gasteiger partial charge in [0, 0.05) is 0 Å². The average molecular weight is 223 g/mol. The molecule has 0 aromatic heterocycles. The molecule has 0 rings (SSSR count). The van der Waals surface area contributed by atoms with Crippen LogP contribution in [0.1, 0.15) is 39.5 Å². The second kappa shape index (κ2) is 8.42. The maximum atomic E-state index is 11.8. The van der Waals surface area contributed by atoms with Gasteiger partial charge in [-0.3, -0.25) is 9.05 Å². The van der Waals surface area contributed by atoms with E-state index in [0.717, 1.165) is 25.7 Å². The van der Waals surface area contributed by atoms with Gasteiger partial charge in [-0.2, -0.15) is 0 Å². The van der Waals surface area contributed by atoms with Crippen molar-refractivity contribution in [3.05, 3.63) is 0 Å². The fourth-order valence-electron chi connectivity index (χ4n) is 0.825. The molecule has 0 radical (unpaired) electrons. The van der Waals surface area contributed by atoms with E-state index in [1.165, 1.54) is 0 Å². The van der Waals surface area contributed by atoms with Gasteiger partial charge in [-0.05, 0) is 19.9 Å². The van der Waals surface area contributed by atoms with Crippen LogP contribution in [0.4, 0.5) is 0 Å². The van der Waals surface area contributed by atoms with Crippen molar-refractivity contribution < 1.29 is 13.6 Å². The minimum Gasteiger partial charge on any atom is -0.297 e. The molecule has 0 bridgehead atoms. The molecule has 1 N–H and O–H groups in total. The van der Waals surface area contributed by atoms with Crippen molar-refractivity contribution in [2.24, 2.45) is 0 Å². The first-order valence-corrected chi connectivity index (χ1v) is 6.81. The maximum absolute atomic E-state index is 11.8. The third-order valence-electron chi connectivity index (χ3n) is 1.79. The highest BCUT2D eigenvalue weighted by Crippen LogP contribution is 2.43. The first kappa shape index (κ1) is 14.1. The lowest BCUT2D eigenvalue weighted by Gasteiger charge is -2.16. The van der Waals surface area contributed by atoms with Crippen molar-refractivity contribution in [3.63, 3.8) is 0 Å². The van der Waals surface area contributed by atoms with Crippen LogP contribution in [-0.4, -0.2) is 20.3 Å². The van der Waals surface area contributed by atoms with Crippen molar-refractivity contribution in [1.82, 2.24) is 5.09 Å². The summed E-state index contributed by atoms with van der Waals surface area (Å²) in [6.07, 6.45) is 3.86. The lowest BCUT2D eigenvalue weighted by molar-refractivity contribution is 0.193. The number of hydrogen-bond donors (Lipinski definition) is 1. The maximum Gasteiger partial charge on any atom is 0.405 e. The molecule has 14 heavy (non-hydrogen) atoms. The van der Waals surface area contributed by atoms with E-state index in [0.29, 0.717) is 13.2 Å². The van der Waals surface area contributed by atoms with Crippen molar-refractivity contribution in [1.29, 1.82) is 0 Å². The normalized spacial score (nSPS) is 11.9. The average Bonchev–Trinajstić information content (AvgIpc) is 2.19. The molecular weight excluding hydrogens is 201 g/mol. The second-order valence-electron chi connectivity index (χ2n) is 3.09. The van der Waals surface area contributed by atoms with Gasteiger partial charge in [-0.1, -0.05) is 26.7 Å². The van der Waals surface area contributed by atoms with Gasteiger partial charge in [0.05, 0.1) is 13.2 Å². The standard InChI is InChI=1S/C9H22NO3P/c1-4-6-8-12-14(11,10-3)13-9-7-5-2/h4-9H2,1-3H3,(H,10,11). The Labute approximate surface area is 87.0 Å². The van der Waals surface area contributed by atoms with Crippen LogP contribution in [-0.2, 0) is 13.6 Å². The van der Waals surface area contributed by atoms with Gasteiger partial charge >= 0.3 is 7.75 Å². The van der Waals surface area contributed by atoms with Crippen LogP contribution < -0.4 is 5.09 Å². The van der Waals surface area contributed by atoms with Crippen molar-refractivity contribution >= 4 is 7.75 Å². The molecule has 4 nitrogen and oxygen atoms in total. The molecule has 0 aliphatic carbocycles. The van der Waals surface area contributed by atoms with Crippen LogP contribution in [0.2, 0.25) is 0 Å². The Hall–Kier alpha value is 0.110. The highest BCUT2D eigenvalue weighted by molar-refractivity contribution is 7.51. The summed E-state index contributed by atoms with van der Waals surface area (Å²) < 4.78 is 22.2. The number of nitrogens with one attached hydrogen (secondary N) is 1. The predicted molar refractivity (Wildman–Crippen MR) is 58.4 cm³/mol. The Kier molecular flexibility index (Phi) is 8.49. The zero-order valence-corrected chi connectivity index (χ0v) is 10.3. The molecule has 0 aromatic carbocycles. The molecule has 0 aromatic rings. The molecule has 0 unspecified atom stereocenters. The third kappa shape index (κ3) is 6.55. The molecule has 0 aliphatic rings. The van der Waals surface area contributed by atoms with Gasteiger partial charge in [0.2, 0.25) is 0 Å². The van der Waals surface area contributed by atoms with Crippen LogP contribution in [0.5, 0.6) is 0 Å². The van der Waals surface area contributed by atoms with Gasteiger partial charge in [0.1, 0.15) is 0 Å². The summed E-state index contributed by atoms with van der Waals surface area (Å²) >= 11 is 0. The van der Waals surface area contributed by atoms with E-state index in [1.54, 1.807) is 7.05 Å². The third-order valence-corrected chi connectivity index (χ3v) is 3.38. The number of hydrogen-bond acceptors (Lipinski definition) is 3. The molecule has 0 saturated heterocycles. The summed E-state index contributed by atoms with van der Waals surface area (Å²) in [6, 6.07) is 0. The Morgan fingerprint density at radius 3 is 1.79 bits per heavy atom. The molecule has 0 atom stereocenters. The summed E-state index contributed by atoms with van der Waals surface area (Å²) in [6.45, 7) is 5.10. The molecule has 0 spiro atoms. The highest BCUT2D eigenvalue weighted by Gasteiger charge is 2.20. The molecule has 0 heterocycles. The van der Waals surface area contributed by atoms with Crippen LogP contribution in [0, 0.1) is 0 Å². The molecule has 86 valence electrons.